The van der Waals surface area contributed by atoms with Gasteiger partial charge in [-0.2, -0.15) is 0 Å². The maximum absolute atomic E-state index is 5.78. The third-order valence-corrected chi connectivity index (χ3v) is 4.51. The molecule has 3 aromatic rings. The summed E-state index contributed by atoms with van der Waals surface area (Å²) >= 11 is 0. The largest absolute Gasteiger partial charge is 0.397 e. The maximum Gasteiger partial charge on any atom is 0.118 e. The molecule has 0 unspecified atom stereocenters. The molecule has 0 saturated heterocycles. The fourth-order valence-corrected chi connectivity index (χ4v) is 3.19. The lowest BCUT2D eigenvalue weighted by atomic mass is 9.92. The third-order valence-electron chi connectivity index (χ3n) is 4.51. The monoisotopic (exact) mass is 376 g/mol. The highest BCUT2D eigenvalue weighted by molar-refractivity contribution is 5.97. The summed E-state index contributed by atoms with van der Waals surface area (Å²) in [7, 11) is 4.12. The number of aromatic nitrogens is 3. The summed E-state index contributed by atoms with van der Waals surface area (Å²) in [6.45, 7) is 3.78. The molecule has 1 aromatic carbocycles. The van der Waals surface area contributed by atoms with Gasteiger partial charge in [-0.15, -0.1) is 9.94 Å². The van der Waals surface area contributed by atoms with Crippen molar-refractivity contribution >= 4 is 11.1 Å². The topological polar surface area (TPSA) is 43.2 Å². The van der Waals surface area contributed by atoms with Crippen LogP contribution in [0.5, 0.6) is 0 Å². The van der Waals surface area contributed by atoms with Crippen LogP contribution in [0.1, 0.15) is 36.6 Å². The fourth-order valence-electron chi connectivity index (χ4n) is 3.19. The molecule has 0 saturated carbocycles. The second-order valence-corrected chi connectivity index (χ2v) is 6.91. The zero-order chi connectivity index (χ0) is 19.8. The summed E-state index contributed by atoms with van der Waals surface area (Å²) in [5.74, 6) is 0. The lowest BCUT2D eigenvalue weighted by molar-refractivity contribution is 0.0770. The van der Waals surface area contributed by atoms with Crippen LogP contribution in [0.4, 0.5) is 0 Å². The third kappa shape index (κ3) is 5.08. The molecular formula is C23H28N4O. The van der Waals surface area contributed by atoms with E-state index in [1.807, 2.05) is 36.8 Å². The van der Waals surface area contributed by atoms with Crippen LogP contribution >= 0.6 is 0 Å². The Morgan fingerprint density at radius 3 is 2.50 bits per heavy atom. The van der Waals surface area contributed by atoms with E-state index in [0.29, 0.717) is 6.61 Å². The van der Waals surface area contributed by atoms with Crippen molar-refractivity contribution < 1.29 is 4.84 Å². The molecule has 0 aliphatic heterocycles. The Labute approximate surface area is 167 Å². The Kier molecular flexibility index (Phi) is 6.98. The summed E-state index contributed by atoms with van der Waals surface area (Å²) in [4.78, 5) is 14.1. The minimum absolute atomic E-state index is 0.630. The van der Waals surface area contributed by atoms with Gasteiger partial charge in [0.05, 0.1) is 18.1 Å². The molecular weight excluding hydrogens is 348 g/mol. The van der Waals surface area contributed by atoms with Gasteiger partial charge in [-0.05, 0) is 55.8 Å². The van der Waals surface area contributed by atoms with Crippen molar-refractivity contribution in [1.29, 1.82) is 0 Å². The van der Waals surface area contributed by atoms with E-state index in [2.05, 4.69) is 66.3 Å². The summed E-state index contributed by atoms with van der Waals surface area (Å²) in [5, 5.41) is 4.42. The van der Waals surface area contributed by atoms with E-state index in [-0.39, 0.29) is 0 Å². The number of pyridine rings is 1. The number of benzene rings is 1. The van der Waals surface area contributed by atoms with Gasteiger partial charge in [0.2, 0.25) is 0 Å². The molecule has 0 aliphatic carbocycles. The molecule has 0 aliphatic rings. The van der Waals surface area contributed by atoms with E-state index in [9.17, 15) is 0 Å². The van der Waals surface area contributed by atoms with Gasteiger partial charge in [-0.25, -0.2) is 0 Å². The second-order valence-electron chi connectivity index (χ2n) is 6.91. The van der Waals surface area contributed by atoms with Gasteiger partial charge in [0.1, 0.15) is 6.61 Å². The smallest absolute Gasteiger partial charge is 0.118 e. The van der Waals surface area contributed by atoms with E-state index in [4.69, 9.17) is 4.84 Å². The summed E-state index contributed by atoms with van der Waals surface area (Å²) in [6, 6.07) is 16.4. The zero-order valence-electron chi connectivity index (χ0n) is 16.9. The Morgan fingerprint density at radius 2 is 1.82 bits per heavy atom. The average molecular weight is 377 g/mol. The number of hydrogen-bond donors (Lipinski definition) is 0. The highest BCUT2D eigenvalue weighted by Crippen LogP contribution is 2.33. The highest BCUT2D eigenvalue weighted by atomic mass is 16.7. The van der Waals surface area contributed by atoms with Crippen molar-refractivity contribution in [3.05, 3.63) is 83.9 Å². The predicted molar refractivity (Wildman–Crippen MR) is 114 cm³/mol. The first-order valence-corrected chi connectivity index (χ1v) is 9.72. The van der Waals surface area contributed by atoms with E-state index >= 15 is 0 Å². The standard InChI is InChI=1S/C23H28N4O/c1-4-21(22-13-8-9-14-24-22)23(19-11-6-5-7-12-19)20-17-25-27(18-20)28-16-10-15-26(2)3/h5-9,11-14,17-18H,4,10,15-16H2,1-3H3/b23-21-. The maximum atomic E-state index is 5.78. The Balaban J connectivity index is 1.94. The second kappa shape index (κ2) is 9.85. The van der Waals surface area contributed by atoms with Gasteiger partial charge in [0.25, 0.3) is 0 Å². The zero-order valence-corrected chi connectivity index (χ0v) is 16.9. The lowest BCUT2D eigenvalue weighted by Crippen LogP contribution is -2.19. The van der Waals surface area contributed by atoms with Crippen molar-refractivity contribution in [2.45, 2.75) is 19.8 Å². The molecule has 28 heavy (non-hydrogen) atoms. The van der Waals surface area contributed by atoms with Crippen molar-refractivity contribution in [2.24, 2.45) is 0 Å². The quantitative estimate of drug-likeness (QED) is 0.529. The van der Waals surface area contributed by atoms with Gasteiger partial charge in [0.15, 0.2) is 0 Å². The normalized spacial score (nSPS) is 12.1. The summed E-state index contributed by atoms with van der Waals surface area (Å²) < 4.78 is 0. The molecule has 2 heterocycles. The first kappa shape index (κ1) is 19.8. The van der Waals surface area contributed by atoms with Gasteiger partial charge >= 0.3 is 0 Å². The minimum atomic E-state index is 0.630. The Bertz CT molecular complexity index is 885. The Hall–Kier alpha value is -2.92. The van der Waals surface area contributed by atoms with Crippen LogP contribution in [0.3, 0.4) is 0 Å². The van der Waals surface area contributed by atoms with Crippen LogP contribution in [-0.4, -0.2) is 47.1 Å². The molecule has 0 spiro atoms. The first-order valence-electron chi connectivity index (χ1n) is 9.72. The molecule has 3 rings (SSSR count). The number of nitrogens with zero attached hydrogens (tertiary/aromatic N) is 4. The molecule has 146 valence electrons. The molecule has 5 heteroatoms. The van der Waals surface area contributed by atoms with Crippen LogP contribution in [0.25, 0.3) is 11.1 Å². The Morgan fingerprint density at radius 1 is 1.04 bits per heavy atom. The van der Waals surface area contributed by atoms with Crippen molar-refractivity contribution in [2.75, 3.05) is 27.2 Å². The molecule has 0 N–H and O–H groups in total. The molecule has 0 amide bonds. The first-order chi connectivity index (χ1) is 13.7. The summed E-state index contributed by atoms with van der Waals surface area (Å²) in [6.07, 6.45) is 7.49. The fraction of sp³-hybridized carbons (Fsp3) is 0.304. The van der Waals surface area contributed by atoms with Gasteiger partial charge < -0.3 is 9.74 Å². The van der Waals surface area contributed by atoms with E-state index in [0.717, 1.165) is 41.8 Å². The molecule has 0 bridgehead atoms. The molecule has 0 radical (unpaired) electrons. The van der Waals surface area contributed by atoms with E-state index in [1.165, 1.54) is 5.57 Å². The lowest BCUT2D eigenvalue weighted by Gasteiger charge is -2.13. The number of rotatable bonds is 9. The van der Waals surface area contributed by atoms with Gasteiger partial charge in [-0.3, -0.25) is 4.98 Å². The molecule has 0 atom stereocenters. The van der Waals surface area contributed by atoms with Crippen LogP contribution in [0.2, 0.25) is 0 Å². The number of hydrogen-bond acceptors (Lipinski definition) is 4. The van der Waals surface area contributed by atoms with E-state index < -0.39 is 0 Å². The summed E-state index contributed by atoms with van der Waals surface area (Å²) in [5.41, 5.74) is 5.51. The van der Waals surface area contributed by atoms with Gasteiger partial charge in [0, 0.05) is 18.3 Å². The molecule has 0 fully saturated rings. The minimum Gasteiger partial charge on any atom is -0.397 e. The highest BCUT2D eigenvalue weighted by Gasteiger charge is 2.15. The van der Waals surface area contributed by atoms with Crippen molar-refractivity contribution in [3.63, 3.8) is 0 Å². The van der Waals surface area contributed by atoms with Crippen LogP contribution < -0.4 is 4.84 Å². The van der Waals surface area contributed by atoms with Gasteiger partial charge in [-0.1, -0.05) is 43.3 Å². The van der Waals surface area contributed by atoms with Crippen molar-refractivity contribution in [3.8, 4) is 0 Å². The molecule has 5 nitrogen and oxygen atoms in total. The van der Waals surface area contributed by atoms with Crippen molar-refractivity contribution in [1.82, 2.24) is 19.8 Å². The number of allylic oxidation sites excluding steroid dienone is 1. The van der Waals surface area contributed by atoms with Crippen LogP contribution in [0.15, 0.2) is 67.1 Å². The molecule has 2 aromatic heterocycles. The van der Waals surface area contributed by atoms with E-state index in [1.54, 1.807) is 4.85 Å². The van der Waals surface area contributed by atoms with Crippen LogP contribution in [-0.2, 0) is 0 Å². The predicted octanol–water partition coefficient (Wildman–Crippen LogP) is 4.03. The SMILES string of the molecule is CC/C(=C(\c1ccccc1)c1cnn(OCCCN(C)C)c1)c1ccccn1. The van der Waals surface area contributed by atoms with Crippen LogP contribution in [0, 0.1) is 0 Å². The average Bonchev–Trinajstić information content (AvgIpc) is 3.19.